The van der Waals surface area contributed by atoms with Gasteiger partial charge in [0.1, 0.15) is 0 Å². The largest absolute Gasteiger partial charge is 0.480 e. The van der Waals surface area contributed by atoms with Gasteiger partial charge in [0.15, 0.2) is 11.6 Å². The van der Waals surface area contributed by atoms with Crippen molar-refractivity contribution in [3.8, 4) is 5.88 Å². The van der Waals surface area contributed by atoms with Crippen LogP contribution in [0.4, 0.5) is 8.78 Å². The molecule has 4 heteroatoms. The average Bonchev–Trinajstić information content (AvgIpc) is 2.31. The highest BCUT2D eigenvalue weighted by atomic mass is 19.2. The zero-order valence-corrected chi connectivity index (χ0v) is 10.8. The van der Waals surface area contributed by atoms with Crippen LogP contribution in [0.1, 0.15) is 26.3 Å². The monoisotopic (exact) mass is 251 g/mol. The van der Waals surface area contributed by atoms with Crippen LogP contribution >= 0.6 is 0 Å². The van der Waals surface area contributed by atoms with Crippen molar-refractivity contribution in [3.63, 3.8) is 0 Å². The third-order valence-corrected chi connectivity index (χ3v) is 2.91. The number of hydrogen-bond acceptors (Lipinski definition) is 2. The molecule has 0 aliphatic carbocycles. The van der Waals surface area contributed by atoms with Crippen LogP contribution in [-0.2, 0) is 5.41 Å². The van der Waals surface area contributed by atoms with Gasteiger partial charge in [0.2, 0.25) is 5.88 Å². The summed E-state index contributed by atoms with van der Waals surface area (Å²) in [5.74, 6) is -1.70. The van der Waals surface area contributed by atoms with Crippen molar-refractivity contribution in [2.75, 3.05) is 7.11 Å². The van der Waals surface area contributed by atoms with Crippen LogP contribution in [0.15, 0.2) is 18.3 Å². The summed E-state index contributed by atoms with van der Waals surface area (Å²) in [7, 11) is 1.39. The maximum atomic E-state index is 13.9. The normalized spacial score (nSPS) is 11.9. The van der Waals surface area contributed by atoms with Gasteiger partial charge < -0.3 is 4.74 Å². The summed E-state index contributed by atoms with van der Waals surface area (Å²) in [4.78, 5) is 4.06. The molecule has 0 unspecified atom stereocenters. The van der Waals surface area contributed by atoms with E-state index in [0.717, 1.165) is 11.6 Å². The number of rotatable bonds is 1. The number of pyridine rings is 1. The van der Waals surface area contributed by atoms with Crippen molar-refractivity contribution in [1.29, 1.82) is 0 Å². The quantitative estimate of drug-likeness (QED) is 0.768. The van der Waals surface area contributed by atoms with Crippen LogP contribution < -0.4 is 4.74 Å². The van der Waals surface area contributed by atoms with E-state index in [4.69, 9.17) is 4.74 Å². The van der Waals surface area contributed by atoms with Gasteiger partial charge in [-0.15, -0.1) is 0 Å². The second kappa shape index (κ2) is 4.19. The minimum absolute atomic E-state index is 0.102. The SMILES string of the molecule is COc1ncc(C(C)(C)C)c2ccc(F)c(F)c12. The smallest absolute Gasteiger partial charge is 0.224 e. The van der Waals surface area contributed by atoms with Gasteiger partial charge in [-0.3, -0.25) is 0 Å². The molecule has 0 atom stereocenters. The number of methoxy groups -OCH3 is 1. The third kappa shape index (κ3) is 1.92. The molecule has 0 fully saturated rings. The maximum Gasteiger partial charge on any atom is 0.224 e. The van der Waals surface area contributed by atoms with Crippen LogP contribution in [0, 0.1) is 11.6 Å². The zero-order valence-electron chi connectivity index (χ0n) is 10.8. The van der Waals surface area contributed by atoms with Crippen molar-refractivity contribution < 1.29 is 13.5 Å². The molecule has 1 aromatic heterocycles. The predicted octanol–water partition coefficient (Wildman–Crippen LogP) is 3.82. The summed E-state index contributed by atoms with van der Waals surface area (Å²) in [5.41, 5.74) is 0.652. The fourth-order valence-electron chi connectivity index (χ4n) is 1.99. The average molecular weight is 251 g/mol. The molecule has 2 aromatic rings. The summed E-state index contributed by atoms with van der Waals surface area (Å²) in [6, 6.07) is 2.70. The lowest BCUT2D eigenvalue weighted by Crippen LogP contribution is -2.13. The van der Waals surface area contributed by atoms with E-state index in [1.165, 1.54) is 7.11 Å². The minimum atomic E-state index is -0.914. The first kappa shape index (κ1) is 12.7. The van der Waals surface area contributed by atoms with Gasteiger partial charge in [-0.25, -0.2) is 13.8 Å². The molecule has 2 nitrogen and oxygen atoms in total. The van der Waals surface area contributed by atoms with E-state index in [-0.39, 0.29) is 16.7 Å². The standard InChI is InChI=1S/C14H15F2NO/c1-14(2,3)9-7-17-13(18-4)11-8(9)5-6-10(15)12(11)16/h5-7H,1-4H3. The Morgan fingerprint density at radius 2 is 1.83 bits per heavy atom. The lowest BCUT2D eigenvalue weighted by molar-refractivity contribution is 0.399. The number of aromatic nitrogens is 1. The molecule has 0 saturated heterocycles. The molecule has 0 aliphatic heterocycles. The molecule has 1 aromatic carbocycles. The Bertz CT molecular complexity index is 603. The lowest BCUT2D eigenvalue weighted by atomic mass is 9.85. The van der Waals surface area contributed by atoms with Crippen molar-refractivity contribution in [1.82, 2.24) is 4.98 Å². The third-order valence-electron chi connectivity index (χ3n) is 2.91. The van der Waals surface area contributed by atoms with E-state index in [1.54, 1.807) is 12.3 Å². The molecule has 0 amide bonds. The Morgan fingerprint density at radius 3 is 2.39 bits per heavy atom. The summed E-state index contributed by atoms with van der Waals surface area (Å²) in [5, 5.41) is 0.734. The molecule has 0 spiro atoms. The van der Waals surface area contributed by atoms with Crippen LogP contribution in [-0.4, -0.2) is 12.1 Å². The topological polar surface area (TPSA) is 22.1 Å². The molecular formula is C14H15F2NO. The maximum absolute atomic E-state index is 13.9. The van der Waals surface area contributed by atoms with Gasteiger partial charge in [0, 0.05) is 6.20 Å². The Kier molecular flexibility index (Phi) is 2.97. The van der Waals surface area contributed by atoms with Gasteiger partial charge in [-0.2, -0.15) is 0 Å². The van der Waals surface area contributed by atoms with Crippen LogP contribution in [0.3, 0.4) is 0 Å². The number of halogens is 2. The van der Waals surface area contributed by atoms with Crippen molar-refractivity contribution in [2.45, 2.75) is 26.2 Å². The number of nitrogens with zero attached hydrogens (tertiary/aromatic N) is 1. The Morgan fingerprint density at radius 1 is 1.17 bits per heavy atom. The Hall–Kier alpha value is -1.71. The predicted molar refractivity (Wildman–Crippen MR) is 66.9 cm³/mol. The van der Waals surface area contributed by atoms with E-state index < -0.39 is 11.6 Å². The van der Waals surface area contributed by atoms with Gasteiger partial charge in [0.05, 0.1) is 12.5 Å². The van der Waals surface area contributed by atoms with Crippen molar-refractivity contribution in [2.24, 2.45) is 0 Å². The highest BCUT2D eigenvalue weighted by molar-refractivity contribution is 5.90. The number of ether oxygens (including phenoxy) is 1. The zero-order chi connectivity index (χ0) is 13.5. The molecule has 0 N–H and O–H groups in total. The van der Waals surface area contributed by atoms with Crippen molar-refractivity contribution in [3.05, 3.63) is 35.5 Å². The first-order valence-electron chi connectivity index (χ1n) is 5.67. The molecule has 0 aliphatic rings. The van der Waals surface area contributed by atoms with E-state index in [9.17, 15) is 8.78 Å². The summed E-state index contributed by atoms with van der Waals surface area (Å²) < 4.78 is 32.3. The Labute approximate surface area is 105 Å². The second-order valence-electron chi connectivity index (χ2n) is 5.22. The van der Waals surface area contributed by atoms with E-state index in [1.807, 2.05) is 20.8 Å². The molecule has 18 heavy (non-hydrogen) atoms. The molecule has 0 saturated carbocycles. The first-order valence-corrected chi connectivity index (χ1v) is 5.67. The molecule has 96 valence electrons. The Balaban J connectivity index is 2.92. The fourth-order valence-corrected chi connectivity index (χ4v) is 1.99. The molecule has 1 heterocycles. The van der Waals surface area contributed by atoms with Crippen LogP contribution in [0.25, 0.3) is 10.8 Å². The molecule has 0 bridgehead atoms. The molecule has 2 rings (SSSR count). The highest BCUT2D eigenvalue weighted by Crippen LogP contribution is 2.35. The van der Waals surface area contributed by atoms with E-state index >= 15 is 0 Å². The fraction of sp³-hybridized carbons (Fsp3) is 0.357. The number of fused-ring (bicyclic) bond motifs is 1. The molecular weight excluding hydrogens is 236 g/mol. The van der Waals surface area contributed by atoms with Crippen LogP contribution in [0.2, 0.25) is 0 Å². The minimum Gasteiger partial charge on any atom is -0.480 e. The second-order valence-corrected chi connectivity index (χ2v) is 5.22. The summed E-state index contributed by atoms with van der Waals surface area (Å²) in [6.45, 7) is 5.99. The number of benzene rings is 1. The van der Waals surface area contributed by atoms with Gasteiger partial charge in [-0.05, 0) is 22.4 Å². The van der Waals surface area contributed by atoms with Gasteiger partial charge in [-0.1, -0.05) is 26.8 Å². The van der Waals surface area contributed by atoms with Crippen LogP contribution in [0.5, 0.6) is 5.88 Å². The lowest BCUT2D eigenvalue weighted by Gasteiger charge is -2.21. The summed E-state index contributed by atoms with van der Waals surface area (Å²) in [6.07, 6.45) is 1.65. The van der Waals surface area contributed by atoms with Crippen molar-refractivity contribution >= 4 is 10.8 Å². The first-order chi connectivity index (χ1) is 8.36. The summed E-state index contributed by atoms with van der Waals surface area (Å²) >= 11 is 0. The highest BCUT2D eigenvalue weighted by Gasteiger charge is 2.22. The van der Waals surface area contributed by atoms with E-state index in [2.05, 4.69) is 4.98 Å². The molecule has 0 radical (unpaired) electrons. The van der Waals surface area contributed by atoms with Gasteiger partial charge >= 0.3 is 0 Å². The van der Waals surface area contributed by atoms with Gasteiger partial charge in [0.25, 0.3) is 0 Å². The number of hydrogen-bond donors (Lipinski definition) is 0. The van der Waals surface area contributed by atoms with E-state index in [0.29, 0.717) is 5.39 Å².